The Balaban J connectivity index is 3.08. The first kappa shape index (κ1) is 15.7. The SMILES string of the molecule is CCCc1nc(Cl)c(C)c(NC(C(N)=O)C(C)C)n1. The molecule has 1 aromatic rings. The Morgan fingerprint density at radius 1 is 1.42 bits per heavy atom. The van der Waals surface area contributed by atoms with E-state index in [0.29, 0.717) is 16.8 Å². The van der Waals surface area contributed by atoms with Crippen LogP contribution in [0.2, 0.25) is 5.15 Å². The van der Waals surface area contributed by atoms with E-state index in [1.54, 1.807) is 0 Å². The highest BCUT2D eigenvalue weighted by molar-refractivity contribution is 6.30. The minimum absolute atomic E-state index is 0.0697. The van der Waals surface area contributed by atoms with Gasteiger partial charge in [0.1, 0.15) is 22.8 Å². The number of carbonyl (C=O) groups is 1. The molecule has 106 valence electrons. The van der Waals surface area contributed by atoms with Gasteiger partial charge in [0.25, 0.3) is 0 Å². The first-order valence-electron chi connectivity index (χ1n) is 6.45. The summed E-state index contributed by atoms with van der Waals surface area (Å²) in [7, 11) is 0. The molecule has 0 aromatic carbocycles. The number of rotatable bonds is 6. The topological polar surface area (TPSA) is 80.9 Å². The largest absolute Gasteiger partial charge is 0.368 e. The van der Waals surface area contributed by atoms with Crippen molar-refractivity contribution >= 4 is 23.3 Å². The third kappa shape index (κ3) is 4.06. The summed E-state index contributed by atoms with van der Waals surface area (Å²) in [5, 5.41) is 3.49. The highest BCUT2D eigenvalue weighted by Gasteiger charge is 2.21. The molecular weight excluding hydrogens is 264 g/mol. The Morgan fingerprint density at radius 3 is 2.53 bits per heavy atom. The summed E-state index contributed by atoms with van der Waals surface area (Å²) in [6.07, 6.45) is 1.68. The van der Waals surface area contributed by atoms with Crippen LogP contribution in [0.5, 0.6) is 0 Å². The summed E-state index contributed by atoms with van der Waals surface area (Å²) < 4.78 is 0. The summed E-state index contributed by atoms with van der Waals surface area (Å²) in [6.45, 7) is 7.71. The fraction of sp³-hybridized carbons (Fsp3) is 0.615. The van der Waals surface area contributed by atoms with Crippen LogP contribution in [0.1, 0.15) is 38.6 Å². The maximum Gasteiger partial charge on any atom is 0.240 e. The molecular formula is C13H21ClN4O. The van der Waals surface area contributed by atoms with Gasteiger partial charge in [-0.05, 0) is 19.3 Å². The zero-order valence-electron chi connectivity index (χ0n) is 11.8. The predicted molar refractivity (Wildman–Crippen MR) is 77.2 cm³/mol. The molecule has 1 heterocycles. The zero-order valence-corrected chi connectivity index (χ0v) is 12.6. The third-order valence-electron chi connectivity index (χ3n) is 2.87. The lowest BCUT2D eigenvalue weighted by molar-refractivity contribution is -0.119. The molecule has 1 unspecified atom stereocenters. The molecule has 6 heteroatoms. The standard InChI is InChI=1S/C13H21ClN4O/c1-5-6-9-16-11(14)8(4)13(17-9)18-10(7(2)3)12(15)19/h7,10H,5-6H2,1-4H3,(H2,15,19)(H,16,17,18). The number of hydrogen-bond donors (Lipinski definition) is 2. The van der Waals surface area contributed by atoms with Crippen molar-refractivity contribution in [3.05, 3.63) is 16.5 Å². The number of nitrogens with one attached hydrogen (secondary N) is 1. The number of anilines is 1. The van der Waals surface area contributed by atoms with Gasteiger partial charge in [0.05, 0.1) is 0 Å². The normalized spacial score (nSPS) is 12.5. The van der Waals surface area contributed by atoms with E-state index in [0.717, 1.165) is 18.4 Å². The molecule has 5 nitrogen and oxygen atoms in total. The predicted octanol–water partition coefficient (Wildman–Crippen LogP) is 2.31. The van der Waals surface area contributed by atoms with Crippen molar-refractivity contribution in [2.45, 2.75) is 46.6 Å². The van der Waals surface area contributed by atoms with Crippen molar-refractivity contribution < 1.29 is 4.79 Å². The fourth-order valence-electron chi connectivity index (χ4n) is 1.72. The van der Waals surface area contributed by atoms with Crippen LogP contribution < -0.4 is 11.1 Å². The number of nitrogens with zero attached hydrogens (tertiary/aromatic N) is 2. The van der Waals surface area contributed by atoms with Crippen LogP contribution in [0.3, 0.4) is 0 Å². The lowest BCUT2D eigenvalue weighted by Crippen LogP contribution is -2.40. The Hall–Kier alpha value is -1.36. The summed E-state index contributed by atoms with van der Waals surface area (Å²) in [4.78, 5) is 20.1. The molecule has 0 aliphatic heterocycles. The Bertz CT molecular complexity index is 462. The number of amides is 1. The van der Waals surface area contributed by atoms with E-state index in [-0.39, 0.29) is 5.92 Å². The molecule has 0 saturated carbocycles. The van der Waals surface area contributed by atoms with E-state index in [2.05, 4.69) is 15.3 Å². The van der Waals surface area contributed by atoms with Gasteiger partial charge in [-0.1, -0.05) is 32.4 Å². The van der Waals surface area contributed by atoms with Crippen LogP contribution in [-0.4, -0.2) is 21.9 Å². The van der Waals surface area contributed by atoms with Crippen molar-refractivity contribution in [3.8, 4) is 0 Å². The van der Waals surface area contributed by atoms with Crippen LogP contribution >= 0.6 is 11.6 Å². The second-order valence-electron chi connectivity index (χ2n) is 4.92. The maximum atomic E-state index is 11.4. The molecule has 1 atom stereocenters. The Kier molecular flexibility index (Phi) is 5.54. The molecule has 19 heavy (non-hydrogen) atoms. The molecule has 0 fully saturated rings. The van der Waals surface area contributed by atoms with E-state index < -0.39 is 11.9 Å². The highest BCUT2D eigenvalue weighted by atomic mass is 35.5. The van der Waals surface area contributed by atoms with Gasteiger partial charge in [-0.3, -0.25) is 4.79 Å². The number of aromatic nitrogens is 2. The zero-order chi connectivity index (χ0) is 14.6. The van der Waals surface area contributed by atoms with Gasteiger partial charge in [-0.2, -0.15) is 0 Å². The number of aryl methyl sites for hydroxylation is 1. The van der Waals surface area contributed by atoms with Crippen molar-refractivity contribution in [1.29, 1.82) is 0 Å². The van der Waals surface area contributed by atoms with E-state index in [1.165, 1.54) is 0 Å². The van der Waals surface area contributed by atoms with Gasteiger partial charge < -0.3 is 11.1 Å². The summed E-state index contributed by atoms with van der Waals surface area (Å²) >= 11 is 6.09. The first-order chi connectivity index (χ1) is 8.86. The Labute approximate surface area is 119 Å². The summed E-state index contributed by atoms with van der Waals surface area (Å²) in [5.74, 6) is 0.926. The summed E-state index contributed by atoms with van der Waals surface area (Å²) in [6, 6.07) is -0.473. The van der Waals surface area contributed by atoms with Crippen molar-refractivity contribution in [1.82, 2.24) is 9.97 Å². The van der Waals surface area contributed by atoms with Gasteiger partial charge >= 0.3 is 0 Å². The quantitative estimate of drug-likeness (QED) is 0.786. The number of hydrogen-bond acceptors (Lipinski definition) is 4. The second-order valence-corrected chi connectivity index (χ2v) is 5.28. The summed E-state index contributed by atoms with van der Waals surface area (Å²) in [5.41, 5.74) is 6.12. The van der Waals surface area contributed by atoms with Crippen LogP contribution in [-0.2, 0) is 11.2 Å². The second kappa shape index (κ2) is 6.70. The maximum absolute atomic E-state index is 11.4. The van der Waals surface area contributed by atoms with Gasteiger partial charge in [-0.15, -0.1) is 0 Å². The monoisotopic (exact) mass is 284 g/mol. The van der Waals surface area contributed by atoms with Gasteiger partial charge in [0.15, 0.2) is 0 Å². The van der Waals surface area contributed by atoms with Crippen molar-refractivity contribution in [2.24, 2.45) is 11.7 Å². The molecule has 0 spiro atoms. The molecule has 1 rings (SSSR count). The lowest BCUT2D eigenvalue weighted by Gasteiger charge is -2.21. The van der Waals surface area contributed by atoms with Gasteiger partial charge in [-0.25, -0.2) is 9.97 Å². The van der Waals surface area contributed by atoms with Gasteiger partial charge in [0.2, 0.25) is 5.91 Å². The molecule has 0 aliphatic rings. The number of halogens is 1. The molecule has 0 saturated heterocycles. The smallest absolute Gasteiger partial charge is 0.240 e. The molecule has 0 bridgehead atoms. The van der Waals surface area contributed by atoms with E-state index in [1.807, 2.05) is 27.7 Å². The number of carbonyl (C=O) groups excluding carboxylic acids is 1. The average Bonchev–Trinajstić information content (AvgIpc) is 2.31. The third-order valence-corrected chi connectivity index (χ3v) is 3.24. The highest BCUT2D eigenvalue weighted by Crippen LogP contribution is 2.22. The molecule has 3 N–H and O–H groups in total. The van der Waals surface area contributed by atoms with E-state index in [9.17, 15) is 4.79 Å². The molecule has 0 aliphatic carbocycles. The number of nitrogens with two attached hydrogens (primary N) is 1. The Morgan fingerprint density at radius 2 is 2.05 bits per heavy atom. The fourth-order valence-corrected chi connectivity index (χ4v) is 1.91. The molecule has 1 amide bonds. The lowest BCUT2D eigenvalue weighted by atomic mass is 10.0. The van der Waals surface area contributed by atoms with Crippen LogP contribution in [0.25, 0.3) is 0 Å². The minimum Gasteiger partial charge on any atom is -0.368 e. The van der Waals surface area contributed by atoms with Crippen molar-refractivity contribution in [2.75, 3.05) is 5.32 Å². The number of primary amides is 1. The van der Waals surface area contributed by atoms with Crippen molar-refractivity contribution in [3.63, 3.8) is 0 Å². The molecule has 1 aromatic heterocycles. The van der Waals surface area contributed by atoms with Gasteiger partial charge in [0, 0.05) is 12.0 Å². The van der Waals surface area contributed by atoms with Crippen LogP contribution in [0.15, 0.2) is 0 Å². The molecule has 0 radical (unpaired) electrons. The minimum atomic E-state index is -0.473. The average molecular weight is 285 g/mol. The first-order valence-corrected chi connectivity index (χ1v) is 6.83. The van der Waals surface area contributed by atoms with E-state index >= 15 is 0 Å². The van der Waals surface area contributed by atoms with Crippen LogP contribution in [0, 0.1) is 12.8 Å². The van der Waals surface area contributed by atoms with E-state index in [4.69, 9.17) is 17.3 Å². The van der Waals surface area contributed by atoms with Crippen LogP contribution in [0.4, 0.5) is 5.82 Å².